The van der Waals surface area contributed by atoms with Gasteiger partial charge in [0.15, 0.2) is 12.1 Å². The molecule has 2 aliphatic rings. The Kier molecular flexibility index (Phi) is 7.94. The fourth-order valence-electron chi connectivity index (χ4n) is 1.63. The summed E-state index contributed by atoms with van der Waals surface area (Å²) in [4.78, 5) is 0. The molecule has 2 heterocycles. The van der Waals surface area contributed by atoms with Crippen molar-refractivity contribution in [3.05, 3.63) is 0 Å². The number of aliphatic hydroxyl groups excluding tert-OH is 2. The Morgan fingerprint density at radius 3 is 2.33 bits per heavy atom. The van der Waals surface area contributed by atoms with Gasteiger partial charge in [0.1, 0.15) is 18.3 Å². The topological polar surface area (TPSA) is 68.2 Å². The van der Waals surface area contributed by atoms with Crippen molar-refractivity contribution in [3.8, 4) is 0 Å². The van der Waals surface area contributed by atoms with E-state index in [1.165, 1.54) is 0 Å². The molecule has 0 saturated carbocycles. The van der Waals surface area contributed by atoms with Gasteiger partial charge in [-0.15, -0.1) is 0 Å². The fraction of sp³-hybridized carbons (Fsp3) is 1.00. The van der Waals surface area contributed by atoms with Gasteiger partial charge < -0.3 is 24.4 Å². The number of hydrogen-bond donors (Lipinski definition) is 2. The van der Waals surface area contributed by atoms with E-state index in [0.29, 0.717) is 0 Å². The number of ether oxygens (including phenoxy) is 3. The first-order valence-corrected chi connectivity index (χ1v) is 4.33. The van der Waals surface area contributed by atoms with E-state index in [-0.39, 0.29) is 94.7 Å². The van der Waals surface area contributed by atoms with Gasteiger partial charge in [-0.3, -0.25) is 0 Å². The third-order valence-electron chi connectivity index (χ3n) is 2.25. The van der Waals surface area contributed by atoms with E-state index in [4.69, 9.17) is 14.2 Å². The smallest absolute Gasteiger partial charge is 0.189 e. The normalized spacial score (nSPS) is 42.4. The predicted molar refractivity (Wildman–Crippen MR) is 41.8 cm³/mol. The van der Waals surface area contributed by atoms with Crippen LogP contribution in [0.4, 0.5) is 0 Å². The van der Waals surface area contributed by atoms with Crippen LogP contribution in [0.1, 0.15) is 13.8 Å². The maximum absolute atomic E-state index is 9.55. The molecule has 2 rings (SSSR count). The van der Waals surface area contributed by atoms with Crippen molar-refractivity contribution in [2.24, 2.45) is 0 Å². The van der Waals surface area contributed by atoms with E-state index >= 15 is 0 Å². The van der Waals surface area contributed by atoms with Gasteiger partial charge in [0.25, 0.3) is 0 Å². The summed E-state index contributed by atoms with van der Waals surface area (Å²) in [5.41, 5.74) is 0. The summed E-state index contributed by atoms with van der Waals surface area (Å²) in [5, 5.41) is 18.8. The van der Waals surface area contributed by atoms with Crippen molar-refractivity contribution < 1.29 is 113 Å². The van der Waals surface area contributed by atoms with E-state index < -0.39 is 30.4 Å². The standard InChI is InChI=1S/C8H14O5.2Ac/c1-8(2)12-6-5(10)4(9)3-11-7(6)13-8;;/h4-7,9-10H,3H2,1-2H3;;/t4-,5+,6-,7-;;/m1../s1. The average Bonchev–Trinajstić information content (AvgIpc) is 2.34. The first-order valence-electron chi connectivity index (χ1n) is 4.33. The van der Waals surface area contributed by atoms with E-state index in [2.05, 4.69) is 0 Å². The first kappa shape index (κ1) is 17.7. The van der Waals surface area contributed by atoms with Crippen LogP contribution in [0.15, 0.2) is 0 Å². The molecule has 0 aromatic rings. The zero-order chi connectivity index (χ0) is 9.64. The molecule has 4 atom stereocenters. The molecule has 5 nitrogen and oxygen atoms in total. The number of hydrogen-bond acceptors (Lipinski definition) is 5. The first-order chi connectivity index (χ1) is 5.99. The van der Waals surface area contributed by atoms with Crippen LogP contribution in [-0.2, 0) is 14.2 Å². The molecular weight excluding hydrogens is 630 g/mol. The van der Waals surface area contributed by atoms with Crippen LogP contribution in [0.25, 0.3) is 0 Å². The molecule has 2 N–H and O–H groups in total. The molecule has 2 fully saturated rings. The molecule has 2 saturated heterocycles. The molecule has 0 aromatic carbocycles. The maximum Gasteiger partial charge on any atom is 0.189 e. The van der Waals surface area contributed by atoms with Crippen LogP contribution >= 0.6 is 0 Å². The van der Waals surface area contributed by atoms with Crippen molar-refractivity contribution in [2.45, 2.75) is 44.2 Å². The summed E-state index contributed by atoms with van der Waals surface area (Å²) in [7, 11) is 0. The average molecular weight is 644 g/mol. The van der Waals surface area contributed by atoms with Crippen LogP contribution in [-0.4, -0.2) is 47.2 Å². The summed E-state index contributed by atoms with van der Waals surface area (Å²) >= 11 is 0. The van der Waals surface area contributed by atoms with Crippen LogP contribution in [0.3, 0.4) is 0 Å². The van der Waals surface area contributed by atoms with Crippen LogP contribution < -0.4 is 0 Å². The summed E-state index contributed by atoms with van der Waals surface area (Å²) in [6.45, 7) is 3.57. The van der Waals surface area contributed by atoms with Gasteiger partial charge in [-0.25, -0.2) is 0 Å². The maximum atomic E-state index is 9.55. The Balaban J connectivity index is 0.000000980. The monoisotopic (exact) mass is 644 g/mol. The fourth-order valence-corrected chi connectivity index (χ4v) is 1.63. The van der Waals surface area contributed by atoms with Crippen molar-refractivity contribution in [3.63, 3.8) is 0 Å². The predicted octanol–water partition coefficient (Wildman–Crippen LogP) is -0.784. The second-order valence-electron chi connectivity index (χ2n) is 3.86. The van der Waals surface area contributed by atoms with Crippen LogP contribution in [0.2, 0.25) is 0 Å². The van der Waals surface area contributed by atoms with Crippen molar-refractivity contribution in [2.75, 3.05) is 6.61 Å². The summed E-state index contributed by atoms with van der Waals surface area (Å²) < 4.78 is 15.9. The number of aliphatic hydroxyl groups is 2. The van der Waals surface area contributed by atoms with Gasteiger partial charge in [-0.05, 0) is 13.8 Å². The van der Waals surface area contributed by atoms with Gasteiger partial charge in [0.05, 0.1) is 6.61 Å². The SMILES string of the molecule is CC1(C)O[C@H]2OC[C@@H](O)[C@H](O)[C@H]2O1.[Ac].[Ac]. The van der Waals surface area contributed by atoms with E-state index in [1.807, 2.05) is 0 Å². The quantitative estimate of drug-likeness (QED) is 0.363. The van der Waals surface area contributed by atoms with E-state index in [1.54, 1.807) is 13.8 Å². The summed E-state index contributed by atoms with van der Waals surface area (Å²) in [6, 6.07) is 0. The van der Waals surface area contributed by atoms with Gasteiger partial charge >= 0.3 is 0 Å². The largest absolute Gasteiger partial charge is 0.388 e. The van der Waals surface area contributed by atoms with Crippen molar-refractivity contribution >= 4 is 0 Å². The molecule has 2 aliphatic heterocycles. The van der Waals surface area contributed by atoms with Crippen LogP contribution in [0, 0.1) is 88.1 Å². The number of rotatable bonds is 0. The molecular formula is C8H14Ac2O5. The molecule has 0 spiro atoms. The minimum absolute atomic E-state index is 0. The van der Waals surface area contributed by atoms with E-state index in [9.17, 15) is 10.2 Å². The zero-order valence-electron chi connectivity index (χ0n) is 8.79. The Morgan fingerprint density at radius 2 is 1.73 bits per heavy atom. The molecule has 7 heteroatoms. The molecule has 82 valence electrons. The Hall–Kier alpha value is 2.68. The third-order valence-corrected chi connectivity index (χ3v) is 2.25. The van der Waals surface area contributed by atoms with Crippen LogP contribution in [0.5, 0.6) is 0 Å². The molecule has 0 bridgehead atoms. The van der Waals surface area contributed by atoms with Gasteiger partial charge in [0.2, 0.25) is 0 Å². The Bertz CT molecular complexity index is 213. The van der Waals surface area contributed by atoms with Crippen molar-refractivity contribution in [1.82, 2.24) is 0 Å². The molecule has 0 aliphatic carbocycles. The summed E-state index contributed by atoms with van der Waals surface area (Å²) in [6.07, 6.45) is -2.97. The molecule has 0 unspecified atom stereocenters. The van der Waals surface area contributed by atoms with Gasteiger partial charge in [-0.1, -0.05) is 0 Å². The molecule has 15 heavy (non-hydrogen) atoms. The Morgan fingerprint density at radius 1 is 1.13 bits per heavy atom. The Labute approximate surface area is 160 Å². The molecule has 0 amide bonds. The third kappa shape index (κ3) is 4.08. The molecule has 2 radical (unpaired) electrons. The van der Waals surface area contributed by atoms with Gasteiger partial charge in [0, 0.05) is 88.1 Å². The second-order valence-corrected chi connectivity index (χ2v) is 3.86. The molecule has 0 aromatic heterocycles. The van der Waals surface area contributed by atoms with Crippen molar-refractivity contribution in [1.29, 1.82) is 0 Å². The zero-order valence-corrected chi connectivity index (χ0v) is 18.3. The minimum Gasteiger partial charge on any atom is -0.388 e. The van der Waals surface area contributed by atoms with Gasteiger partial charge in [-0.2, -0.15) is 0 Å². The van der Waals surface area contributed by atoms with E-state index in [0.717, 1.165) is 0 Å². The number of fused-ring (bicyclic) bond motifs is 1. The second kappa shape index (κ2) is 6.74. The summed E-state index contributed by atoms with van der Waals surface area (Å²) in [5.74, 6) is -0.750. The minimum atomic E-state index is -0.930.